The van der Waals surface area contributed by atoms with Crippen molar-refractivity contribution < 1.29 is 18.3 Å². The summed E-state index contributed by atoms with van der Waals surface area (Å²) < 4.78 is 35.8. The molecule has 0 aromatic heterocycles. The lowest BCUT2D eigenvalue weighted by Gasteiger charge is -2.14. The summed E-state index contributed by atoms with van der Waals surface area (Å²) in [6.07, 6.45) is -5.37. The molecule has 0 spiro atoms. The first kappa shape index (κ1) is 10.8. The van der Waals surface area contributed by atoms with Gasteiger partial charge in [0.1, 0.15) is 5.75 Å². The average Bonchev–Trinajstić information content (AvgIpc) is 2.01. The van der Waals surface area contributed by atoms with E-state index in [1.807, 2.05) is 0 Å². The molecule has 1 aromatic carbocycles. The molecule has 0 heterocycles. The fourth-order valence-corrected chi connectivity index (χ4v) is 1.12. The van der Waals surface area contributed by atoms with E-state index in [-0.39, 0.29) is 11.3 Å². The van der Waals surface area contributed by atoms with Crippen molar-refractivity contribution in [3.63, 3.8) is 0 Å². The molecule has 1 aromatic rings. The molecule has 1 atom stereocenters. The van der Waals surface area contributed by atoms with Crippen LogP contribution in [0.2, 0.25) is 0 Å². The molecule has 2 nitrogen and oxygen atoms in total. The summed E-state index contributed by atoms with van der Waals surface area (Å²) in [7, 11) is 0. The molecule has 1 rings (SSSR count). The van der Waals surface area contributed by atoms with Crippen molar-refractivity contribution in [2.75, 3.05) is 0 Å². The molecular weight excluding hydrogens is 195 g/mol. The van der Waals surface area contributed by atoms with Crippen LogP contribution in [0.5, 0.6) is 5.75 Å². The molecule has 0 aliphatic carbocycles. The molecule has 0 saturated carbocycles. The Labute approximate surface area is 79.2 Å². The fraction of sp³-hybridized carbons (Fsp3) is 0.333. The number of phenolic OH excluding ortho intramolecular Hbond substituents is 1. The molecule has 0 amide bonds. The Kier molecular flexibility index (Phi) is 3.00. The zero-order valence-corrected chi connectivity index (χ0v) is 7.25. The number of hydrogen-bond donors (Lipinski definition) is 2. The van der Waals surface area contributed by atoms with Gasteiger partial charge in [0.25, 0.3) is 0 Å². The quantitative estimate of drug-likeness (QED) is 0.778. The van der Waals surface area contributed by atoms with Crippen LogP contribution in [0.25, 0.3) is 0 Å². The van der Waals surface area contributed by atoms with Crippen LogP contribution in [0.3, 0.4) is 0 Å². The molecule has 0 radical (unpaired) electrons. The van der Waals surface area contributed by atoms with Crippen LogP contribution in [0.15, 0.2) is 24.3 Å². The maximum Gasteiger partial charge on any atom is 0.390 e. The molecule has 78 valence electrons. The van der Waals surface area contributed by atoms with E-state index in [0.29, 0.717) is 0 Å². The molecule has 0 unspecified atom stereocenters. The standard InChI is InChI=1S/C9H10F3NO/c10-9(11,12)5-8(13)6-2-1-3-7(14)4-6/h1-4,8,14H,5,13H2/t8-/m1/s1. The summed E-state index contributed by atoms with van der Waals surface area (Å²) >= 11 is 0. The number of halogens is 3. The predicted molar refractivity (Wildman–Crippen MR) is 45.7 cm³/mol. The lowest BCUT2D eigenvalue weighted by atomic mass is 10.0. The van der Waals surface area contributed by atoms with Gasteiger partial charge < -0.3 is 10.8 Å². The van der Waals surface area contributed by atoms with Crippen LogP contribution in [0.1, 0.15) is 18.0 Å². The number of phenols is 1. The number of aromatic hydroxyl groups is 1. The normalized spacial score (nSPS) is 14.0. The van der Waals surface area contributed by atoms with Crippen LogP contribution in [-0.2, 0) is 0 Å². The number of hydrogen-bond acceptors (Lipinski definition) is 2. The largest absolute Gasteiger partial charge is 0.508 e. The number of rotatable bonds is 2. The van der Waals surface area contributed by atoms with Crippen molar-refractivity contribution in [2.45, 2.75) is 18.6 Å². The molecule has 0 aliphatic rings. The minimum absolute atomic E-state index is 0.0832. The summed E-state index contributed by atoms with van der Waals surface area (Å²) in [5.74, 6) is -0.0832. The van der Waals surface area contributed by atoms with Gasteiger partial charge in [-0.3, -0.25) is 0 Å². The number of benzene rings is 1. The maximum atomic E-state index is 11.9. The Bertz CT molecular complexity index is 311. The van der Waals surface area contributed by atoms with E-state index >= 15 is 0 Å². The van der Waals surface area contributed by atoms with Crippen LogP contribution in [-0.4, -0.2) is 11.3 Å². The average molecular weight is 205 g/mol. The van der Waals surface area contributed by atoms with Crippen LogP contribution in [0, 0.1) is 0 Å². The lowest BCUT2D eigenvalue weighted by Crippen LogP contribution is -2.20. The van der Waals surface area contributed by atoms with E-state index in [0.717, 1.165) is 0 Å². The van der Waals surface area contributed by atoms with Gasteiger partial charge in [-0.05, 0) is 17.7 Å². The Hall–Kier alpha value is -1.23. The first-order valence-electron chi connectivity index (χ1n) is 4.00. The Morgan fingerprint density at radius 3 is 2.50 bits per heavy atom. The van der Waals surface area contributed by atoms with E-state index < -0.39 is 18.6 Å². The predicted octanol–water partition coefficient (Wildman–Crippen LogP) is 2.34. The monoisotopic (exact) mass is 205 g/mol. The summed E-state index contributed by atoms with van der Waals surface area (Å²) in [6, 6.07) is 4.40. The molecule has 0 fully saturated rings. The molecule has 0 bridgehead atoms. The van der Waals surface area contributed by atoms with Crippen LogP contribution >= 0.6 is 0 Å². The van der Waals surface area contributed by atoms with Crippen LogP contribution in [0.4, 0.5) is 13.2 Å². The second-order valence-corrected chi connectivity index (χ2v) is 3.02. The third-order valence-electron chi connectivity index (χ3n) is 1.75. The number of alkyl halides is 3. The lowest BCUT2D eigenvalue weighted by molar-refractivity contribution is -0.138. The van der Waals surface area contributed by atoms with Crippen molar-refractivity contribution in [2.24, 2.45) is 5.73 Å². The fourth-order valence-electron chi connectivity index (χ4n) is 1.12. The minimum atomic E-state index is -4.29. The Morgan fingerprint density at radius 1 is 1.36 bits per heavy atom. The van der Waals surface area contributed by atoms with Crippen molar-refractivity contribution in [1.82, 2.24) is 0 Å². The summed E-state index contributed by atoms with van der Waals surface area (Å²) in [5.41, 5.74) is 5.60. The number of nitrogens with two attached hydrogens (primary N) is 1. The molecule has 0 aliphatic heterocycles. The third kappa shape index (κ3) is 3.26. The van der Waals surface area contributed by atoms with Crippen molar-refractivity contribution in [3.8, 4) is 5.75 Å². The van der Waals surface area contributed by atoms with Gasteiger partial charge in [-0.2, -0.15) is 13.2 Å². The second kappa shape index (κ2) is 3.88. The molecular formula is C9H10F3NO. The topological polar surface area (TPSA) is 46.2 Å². The van der Waals surface area contributed by atoms with E-state index in [1.165, 1.54) is 24.3 Å². The zero-order chi connectivity index (χ0) is 10.8. The smallest absolute Gasteiger partial charge is 0.390 e. The van der Waals surface area contributed by atoms with Gasteiger partial charge >= 0.3 is 6.18 Å². The van der Waals surface area contributed by atoms with E-state index in [4.69, 9.17) is 10.8 Å². The van der Waals surface area contributed by atoms with Gasteiger partial charge in [0.15, 0.2) is 0 Å². The summed E-state index contributed by atoms with van der Waals surface area (Å²) in [4.78, 5) is 0. The van der Waals surface area contributed by atoms with E-state index in [1.54, 1.807) is 0 Å². The highest BCUT2D eigenvalue weighted by Crippen LogP contribution is 2.28. The minimum Gasteiger partial charge on any atom is -0.508 e. The Balaban J connectivity index is 2.74. The van der Waals surface area contributed by atoms with E-state index in [2.05, 4.69) is 0 Å². The maximum absolute atomic E-state index is 11.9. The van der Waals surface area contributed by atoms with Crippen molar-refractivity contribution in [3.05, 3.63) is 29.8 Å². The van der Waals surface area contributed by atoms with Crippen molar-refractivity contribution in [1.29, 1.82) is 0 Å². The molecule has 3 N–H and O–H groups in total. The highest BCUT2D eigenvalue weighted by Gasteiger charge is 2.30. The molecule has 5 heteroatoms. The summed E-state index contributed by atoms with van der Waals surface area (Å²) in [6.45, 7) is 0. The van der Waals surface area contributed by atoms with E-state index in [9.17, 15) is 13.2 Å². The second-order valence-electron chi connectivity index (χ2n) is 3.02. The molecule has 0 saturated heterocycles. The third-order valence-corrected chi connectivity index (χ3v) is 1.75. The zero-order valence-electron chi connectivity index (χ0n) is 7.25. The highest BCUT2D eigenvalue weighted by molar-refractivity contribution is 5.29. The SMILES string of the molecule is N[C@H](CC(F)(F)F)c1cccc(O)c1. The van der Waals surface area contributed by atoms with Gasteiger partial charge in [0, 0.05) is 6.04 Å². The van der Waals surface area contributed by atoms with Gasteiger partial charge in [-0.15, -0.1) is 0 Å². The van der Waals surface area contributed by atoms with Gasteiger partial charge in [0.2, 0.25) is 0 Å². The van der Waals surface area contributed by atoms with Gasteiger partial charge in [-0.25, -0.2) is 0 Å². The van der Waals surface area contributed by atoms with Gasteiger partial charge in [-0.1, -0.05) is 12.1 Å². The first-order chi connectivity index (χ1) is 6.38. The van der Waals surface area contributed by atoms with Gasteiger partial charge in [0.05, 0.1) is 6.42 Å². The van der Waals surface area contributed by atoms with Crippen LogP contribution < -0.4 is 5.73 Å². The van der Waals surface area contributed by atoms with Crippen molar-refractivity contribution >= 4 is 0 Å². The summed E-state index contributed by atoms with van der Waals surface area (Å²) in [5, 5.41) is 9.02. The highest BCUT2D eigenvalue weighted by atomic mass is 19.4. The molecule has 14 heavy (non-hydrogen) atoms. The first-order valence-corrected chi connectivity index (χ1v) is 4.00. The Morgan fingerprint density at radius 2 is 2.00 bits per heavy atom.